The van der Waals surface area contributed by atoms with Crippen molar-refractivity contribution in [3.63, 3.8) is 0 Å². The Morgan fingerprint density at radius 3 is 2.76 bits per heavy atom. The van der Waals surface area contributed by atoms with Crippen LogP contribution in [0.5, 0.6) is 0 Å². The highest BCUT2D eigenvalue weighted by Crippen LogP contribution is 2.53. The summed E-state index contributed by atoms with van der Waals surface area (Å²) in [5, 5.41) is 9.32. The van der Waals surface area contributed by atoms with Gasteiger partial charge in [0.25, 0.3) is 0 Å². The average Bonchev–Trinajstić information content (AvgIpc) is 2.87. The number of nitrogen functional groups attached to an aromatic ring is 1. The van der Waals surface area contributed by atoms with Gasteiger partial charge >= 0.3 is 5.69 Å². The van der Waals surface area contributed by atoms with Gasteiger partial charge in [0.05, 0.1) is 17.1 Å². The highest BCUT2D eigenvalue weighted by atomic mass is 32.2. The molecule has 8 heteroatoms. The Bertz CT molecular complexity index is 618. The molecule has 116 valence electrons. The number of ether oxygens (including phenoxy) is 2. The molecule has 1 aromatic heterocycles. The van der Waals surface area contributed by atoms with Gasteiger partial charge in [-0.25, -0.2) is 4.79 Å². The van der Waals surface area contributed by atoms with Crippen molar-refractivity contribution in [3.05, 3.63) is 21.7 Å². The molecule has 0 aromatic carbocycles. The van der Waals surface area contributed by atoms with E-state index in [1.807, 2.05) is 20.8 Å². The number of nitrogens with one attached hydrogen (secondary N) is 1. The van der Waals surface area contributed by atoms with Gasteiger partial charge in [-0.05, 0) is 20.8 Å². The van der Waals surface area contributed by atoms with E-state index >= 15 is 0 Å². The lowest BCUT2D eigenvalue weighted by molar-refractivity contribution is -0.148. The Kier molecular flexibility index (Phi) is 3.52. The molecule has 7 nitrogen and oxygen atoms in total. The third-order valence-corrected chi connectivity index (χ3v) is 5.43. The number of aromatic nitrogens is 2. The van der Waals surface area contributed by atoms with Gasteiger partial charge in [0.15, 0.2) is 5.79 Å². The van der Waals surface area contributed by atoms with Crippen LogP contribution in [0.4, 0.5) is 5.82 Å². The Balaban J connectivity index is 2.01. The quantitative estimate of drug-likeness (QED) is 0.721. The minimum Gasteiger partial charge on any atom is -0.395 e. The summed E-state index contributed by atoms with van der Waals surface area (Å²) in [6.07, 6.45) is -0.449. The summed E-state index contributed by atoms with van der Waals surface area (Å²) in [6, 6.07) is 0. The number of H-pyrrole nitrogens is 1. The summed E-state index contributed by atoms with van der Waals surface area (Å²) < 4.78 is 11.9. The number of aromatic amines is 1. The monoisotopic (exact) mass is 313 g/mol. The van der Waals surface area contributed by atoms with E-state index in [2.05, 4.69) is 9.97 Å². The van der Waals surface area contributed by atoms with Crippen LogP contribution in [-0.2, 0) is 9.47 Å². The van der Waals surface area contributed by atoms with Crippen molar-refractivity contribution >= 4 is 17.6 Å². The fraction of sp³-hybridized carbons (Fsp3) is 0.692. The molecule has 0 amide bonds. The molecule has 1 aromatic rings. The van der Waals surface area contributed by atoms with Crippen LogP contribution in [0.3, 0.4) is 0 Å². The van der Waals surface area contributed by atoms with Crippen LogP contribution in [0.15, 0.2) is 4.79 Å². The molecule has 3 rings (SSSR count). The van der Waals surface area contributed by atoms with E-state index in [9.17, 15) is 9.90 Å². The summed E-state index contributed by atoms with van der Waals surface area (Å²) in [4.78, 5) is 18.1. The van der Waals surface area contributed by atoms with Gasteiger partial charge in [-0.3, -0.25) is 0 Å². The van der Waals surface area contributed by atoms with Gasteiger partial charge in [-0.2, -0.15) is 4.98 Å². The summed E-state index contributed by atoms with van der Waals surface area (Å²) >= 11 is 1.53. The van der Waals surface area contributed by atoms with Crippen molar-refractivity contribution in [2.24, 2.45) is 0 Å². The SMILES string of the molecule is Cc1c(N)nc(=O)[nH]c1[C@H]1S[C@H](CO)[C@H]2OC(C)(C)O[C@H]21. The fourth-order valence-electron chi connectivity index (χ4n) is 2.91. The molecule has 4 atom stereocenters. The van der Waals surface area contributed by atoms with Crippen molar-refractivity contribution < 1.29 is 14.6 Å². The number of hydrogen-bond acceptors (Lipinski definition) is 7. The van der Waals surface area contributed by atoms with E-state index in [0.717, 1.165) is 5.56 Å². The smallest absolute Gasteiger partial charge is 0.347 e. The molecule has 0 saturated carbocycles. The zero-order valence-electron chi connectivity index (χ0n) is 12.1. The third kappa shape index (κ3) is 2.46. The molecular formula is C13H19N3O4S. The van der Waals surface area contributed by atoms with Crippen LogP contribution in [0.1, 0.15) is 30.4 Å². The number of hydrogen-bond donors (Lipinski definition) is 3. The van der Waals surface area contributed by atoms with E-state index in [-0.39, 0.29) is 35.1 Å². The number of aliphatic hydroxyl groups excluding tert-OH is 1. The fourth-order valence-corrected chi connectivity index (χ4v) is 4.48. The van der Waals surface area contributed by atoms with Crippen LogP contribution in [0.2, 0.25) is 0 Å². The molecule has 2 aliphatic rings. The molecule has 0 unspecified atom stereocenters. The van der Waals surface area contributed by atoms with E-state index < -0.39 is 11.5 Å². The van der Waals surface area contributed by atoms with Gasteiger partial charge in [-0.15, -0.1) is 11.8 Å². The van der Waals surface area contributed by atoms with Gasteiger partial charge in [0, 0.05) is 11.3 Å². The highest BCUT2D eigenvalue weighted by Gasteiger charge is 2.55. The molecule has 0 bridgehead atoms. The summed E-state index contributed by atoms with van der Waals surface area (Å²) in [5.74, 6) is -0.481. The van der Waals surface area contributed by atoms with E-state index in [1.165, 1.54) is 11.8 Å². The number of aliphatic hydroxyl groups is 1. The lowest BCUT2D eigenvalue weighted by Crippen LogP contribution is -2.30. The second-order valence-electron chi connectivity index (χ2n) is 5.81. The van der Waals surface area contributed by atoms with Crippen molar-refractivity contribution in [2.45, 2.75) is 49.3 Å². The zero-order chi connectivity index (χ0) is 15.4. The Labute approximate surface area is 126 Å². The van der Waals surface area contributed by atoms with E-state index in [1.54, 1.807) is 0 Å². The molecular weight excluding hydrogens is 294 g/mol. The van der Waals surface area contributed by atoms with Crippen molar-refractivity contribution in [3.8, 4) is 0 Å². The molecule has 4 N–H and O–H groups in total. The van der Waals surface area contributed by atoms with Crippen molar-refractivity contribution in [1.29, 1.82) is 0 Å². The zero-order valence-corrected chi connectivity index (χ0v) is 12.9. The van der Waals surface area contributed by atoms with E-state index in [4.69, 9.17) is 15.2 Å². The summed E-state index contributed by atoms with van der Waals surface area (Å²) in [6.45, 7) is 5.50. The number of nitrogens with two attached hydrogens (primary N) is 1. The summed E-state index contributed by atoms with van der Waals surface area (Å²) in [7, 11) is 0. The Morgan fingerprint density at radius 1 is 1.43 bits per heavy atom. The van der Waals surface area contributed by atoms with Gasteiger partial charge < -0.3 is 25.3 Å². The molecule has 21 heavy (non-hydrogen) atoms. The standard InChI is InChI=1S/C13H19N3O4S/c1-5-7(15-12(18)16-11(5)14)10-9-8(6(4-17)21-10)19-13(2,3)20-9/h6,8-10,17H,4H2,1-3H3,(H3,14,15,16,18)/t6-,8-,9-,10-/m1/s1. The molecule has 2 aliphatic heterocycles. The first-order valence-corrected chi connectivity index (χ1v) is 7.75. The van der Waals surface area contributed by atoms with Crippen LogP contribution in [-0.4, -0.2) is 44.9 Å². The molecule has 0 spiro atoms. The van der Waals surface area contributed by atoms with Crippen LogP contribution in [0.25, 0.3) is 0 Å². The summed E-state index contributed by atoms with van der Waals surface area (Å²) in [5.41, 5.74) is 6.74. The third-order valence-electron chi connectivity index (χ3n) is 3.87. The minimum absolute atomic E-state index is 0.00831. The average molecular weight is 313 g/mol. The second-order valence-corrected chi connectivity index (χ2v) is 7.19. The molecule has 2 saturated heterocycles. The van der Waals surface area contributed by atoms with Crippen LogP contribution < -0.4 is 11.4 Å². The number of rotatable bonds is 2. The topological polar surface area (TPSA) is 110 Å². The number of anilines is 1. The van der Waals surface area contributed by atoms with Gasteiger partial charge in [0.1, 0.15) is 18.0 Å². The highest BCUT2D eigenvalue weighted by molar-refractivity contribution is 8.00. The van der Waals surface area contributed by atoms with Crippen molar-refractivity contribution in [1.82, 2.24) is 9.97 Å². The van der Waals surface area contributed by atoms with Crippen LogP contribution >= 0.6 is 11.8 Å². The largest absolute Gasteiger partial charge is 0.395 e. The van der Waals surface area contributed by atoms with Crippen LogP contribution in [0, 0.1) is 6.92 Å². The molecule has 2 fully saturated rings. The normalized spacial score (nSPS) is 34.1. The minimum atomic E-state index is -0.700. The van der Waals surface area contributed by atoms with Gasteiger partial charge in [-0.1, -0.05) is 0 Å². The number of thioether (sulfide) groups is 1. The maximum Gasteiger partial charge on any atom is 0.347 e. The first-order valence-electron chi connectivity index (χ1n) is 6.80. The number of nitrogens with zero attached hydrogens (tertiary/aromatic N) is 1. The maximum absolute atomic E-state index is 11.6. The molecule has 3 heterocycles. The first-order chi connectivity index (χ1) is 9.82. The maximum atomic E-state index is 11.6. The number of fused-ring (bicyclic) bond motifs is 1. The Morgan fingerprint density at radius 2 is 2.10 bits per heavy atom. The predicted molar refractivity (Wildman–Crippen MR) is 79.0 cm³/mol. The molecule has 0 aliphatic carbocycles. The second kappa shape index (κ2) is 4.98. The lowest BCUT2D eigenvalue weighted by atomic mass is 10.0. The Hall–Kier alpha value is -1.09. The lowest BCUT2D eigenvalue weighted by Gasteiger charge is -2.23. The first kappa shape index (κ1) is 14.8. The van der Waals surface area contributed by atoms with Crippen molar-refractivity contribution in [2.75, 3.05) is 12.3 Å². The molecule has 0 radical (unpaired) electrons. The predicted octanol–water partition coefficient (Wildman–Crippen LogP) is 0.329. The van der Waals surface area contributed by atoms with Gasteiger partial charge in [0.2, 0.25) is 0 Å². The van der Waals surface area contributed by atoms with E-state index in [0.29, 0.717) is 5.69 Å².